The Balaban J connectivity index is 2.60. The summed E-state index contributed by atoms with van der Waals surface area (Å²) in [5.74, 6) is 0.894. The van der Waals surface area contributed by atoms with Gasteiger partial charge in [0.2, 0.25) is 0 Å². The standard InChI is InChI=1S/C12H21N3S/c1-5-13-12(15-9(2)3)14-8-11-10(4)6-7-16-11/h6-7,9H,5,8H2,1-4H3,(H2,13,14,15). The summed E-state index contributed by atoms with van der Waals surface area (Å²) in [7, 11) is 0. The van der Waals surface area contributed by atoms with Crippen LogP contribution in [0.15, 0.2) is 16.4 Å². The van der Waals surface area contributed by atoms with Crippen LogP contribution >= 0.6 is 11.3 Å². The van der Waals surface area contributed by atoms with Crippen LogP contribution in [0, 0.1) is 6.92 Å². The van der Waals surface area contributed by atoms with E-state index in [9.17, 15) is 0 Å². The van der Waals surface area contributed by atoms with Crippen molar-refractivity contribution in [3.63, 3.8) is 0 Å². The number of guanidine groups is 1. The van der Waals surface area contributed by atoms with E-state index < -0.39 is 0 Å². The van der Waals surface area contributed by atoms with Gasteiger partial charge in [-0.1, -0.05) is 0 Å². The van der Waals surface area contributed by atoms with Crippen molar-refractivity contribution in [3.8, 4) is 0 Å². The number of nitrogens with one attached hydrogen (secondary N) is 2. The first-order chi connectivity index (χ1) is 7.63. The lowest BCUT2D eigenvalue weighted by Crippen LogP contribution is -2.40. The zero-order chi connectivity index (χ0) is 12.0. The minimum atomic E-state index is 0.405. The van der Waals surface area contributed by atoms with Gasteiger partial charge in [0, 0.05) is 17.5 Å². The molecule has 0 aliphatic heterocycles. The average molecular weight is 239 g/mol. The fraction of sp³-hybridized carbons (Fsp3) is 0.583. The summed E-state index contributed by atoms with van der Waals surface area (Å²) in [6.45, 7) is 10.1. The Morgan fingerprint density at radius 3 is 2.75 bits per heavy atom. The van der Waals surface area contributed by atoms with Gasteiger partial charge in [-0.3, -0.25) is 0 Å². The average Bonchev–Trinajstić information content (AvgIpc) is 2.60. The van der Waals surface area contributed by atoms with Gasteiger partial charge in [-0.15, -0.1) is 11.3 Å². The van der Waals surface area contributed by atoms with Crippen LogP contribution in [0.1, 0.15) is 31.2 Å². The third-order valence-electron chi connectivity index (χ3n) is 2.12. The van der Waals surface area contributed by atoms with Crippen molar-refractivity contribution >= 4 is 17.3 Å². The molecule has 4 heteroatoms. The molecule has 0 aromatic carbocycles. The minimum Gasteiger partial charge on any atom is -0.357 e. The Hall–Kier alpha value is -1.03. The van der Waals surface area contributed by atoms with E-state index in [2.05, 4.69) is 54.8 Å². The van der Waals surface area contributed by atoms with Crippen LogP contribution in [0.4, 0.5) is 0 Å². The summed E-state index contributed by atoms with van der Waals surface area (Å²) in [6.07, 6.45) is 0. The van der Waals surface area contributed by atoms with E-state index >= 15 is 0 Å². The van der Waals surface area contributed by atoms with Crippen molar-refractivity contribution in [2.75, 3.05) is 6.54 Å². The first-order valence-electron chi connectivity index (χ1n) is 5.71. The molecule has 16 heavy (non-hydrogen) atoms. The minimum absolute atomic E-state index is 0.405. The van der Waals surface area contributed by atoms with Gasteiger partial charge in [0.15, 0.2) is 5.96 Å². The molecule has 0 radical (unpaired) electrons. The van der Waals surface area contributed by atoms with E-state index in [1.807, 2.05) is 0 Å². The summed E-state index contributed by atoms with van der Waals surface area (Å²) in [5, 5.41) is 8.66. The number of thiophene rings is 1. The summed E-state index contributed by atoms with van der Waals surface area (Å²) in [4.78, 5) is 5.90. The van der Waals surface area contributed by atoms with Crippen molar-refractivity contribution in [3.05, 3.63) is 21.9 Å². The Morgan fingerprint density at radius 2 is 2.25 bits per heavy atom. The van der Waals surface area contributed by atoms with Crippen molar-refractivity contribution in [1.82, 2.24) is 10.6 Å². The van der Waals surface area contributed by atoms with Crippen molar-refractivity contribution in [1.29, 1.82) is 0 Å². The van der Waals surface area contributed by atoms with E-state index in [4.69, 9.17) is 0 Å². The zero-order valence-electron chi connectivity index (χ0n) is 10.5. The molecule has 90 valence electrons. The molecule has 1 aromatic heterocycles. The third kappa shape index (κ3) is 4.23. The maximum Gasteiger partial charge on any atom is 0.191 e. The smallest absolute Gasteiger partial charge is 0.191 e. The molecule has 2 N–H and O–H groups in total. The first kappa shape index (κ1) is 13.0. The van der Waals surface area contributed by atoms with Crippen LogP contribution in [0.3, 0.4) is 0 Å². The highest BCUT2D eigenvalue weighted by atomic mass is 32.1. The largest absolute Gasteiger partial charge is 0.357 e. The van der Waals surface area contributed by atoms with E-state index in [1.54, 1.807) is 11.3 Å². The molecular weight excluding hydrogens is 218 g/mol. The summed E-state index contributed by atoms with van der Waals surface area (Å²) in [6, 6.07) is 2.54. The van der Waals surface area contributed by atoms with Crippen LogP contribution < -0.4 is 10.6 Å². The maximum atomic E-state index is 4.56. The second-order valence-electron chi connectivity index (χ2n) is 4.02. The maximum absolute atomic E-state index is 4.56. The second kappa shape index (κ2) is 6.53. The molecule has 1 aromatic rings. The lowest BCUT2D eigenvalue weighted by Gasteiger charge is -2.13. The molecule has 3 nitrogen and oxygen atoms in total. The summed E-state index contributed by atoms with van der Waals surface area (Å²) < 4.78 is 0. The van der Waals surface area contributed by atoms with E-state index in [0.717, 1.165) is 19.0 Å². The van der Waals surface area contributed by atoms with E-state index in [0.29, 0.717) is 6.04 Å². The van der Waals surface area contributed by atoms with Gasteiger partial charge in [0.05, 0.1) is 6.54 Å². The lowest BCUT2D eigenvalue weighted by molar-refractivity contribution is 0.701. The SMILES string of the molecule is CCNC(=NCc1sccc1C)NC(C)C. The number of aliphatic imine (C=N–C) groups is 1. The van der Waals surface area contributed by atoms with E-state index in [1.165, 1.54) is 10.4 Å². The molecule has 0 saturated heterocycles. The van der Waals surface area contributed by atoms with Gasteiger partial charge in [-0.25, -0.2) is 4.99 Å². The number of nitrogens with zero attached hydrogens (tertiary/aromatic N) is 1. The highest BCUT2D eigenvalue weighted by Crippen LogP contribution is 2.16. The van der Waals surface area contributed by atoms with Gasteiger partial charge in [-0.2, -0.15) is 0 Å². The third-order valence-corrected chi connectivity index (χ3v) is 3.13. The molecule has 0 fully saturated rings. The lowest BCUT2D eigenvalue weighted by atomic mass is 10.3. The molecule has 0 amide bonds. The number of rotatable bonds is 4. The molecule has 1 rings (SSSR count). The highest BCUT2D eigenvalue weighted by Gasteiger charge is 2.01. The molecule has 0 atom stereocenters. The Bertz CT molecular complexity index is 342. The molecular formula is C12H21N3S. The summed E-state index contributed by atoms with van der Waals surface area (Å²) >= 11 is 1.77. The van der Waals surface area contributed by atoms with Crippen LogP contribution in [0.5, 0.6) is 0 Å². The van der Waals surface area contributed by atoms with Crippen molar-refractivity contribution in [2.45, 2.75) is 40.3 Å². The normalized spacial score (nSPS) is 11.9. The van der Waals surface area contributed by atoms with Gasteiger partial charge in [0.1, 0.15) is 0 Å². The van der Waals surface area contributed by atoms with Gasteiger partial charge in [0.25, 0.3) is 0 Å². The molecule has 1 heterocycles. The molecule has 0 aliphatic rings. The predicted octanol–water partition coefficient (Wildman–Crippen LogP) is 2.52. The van der Waals surface area contributed by atoms with Crippen LogP contribution in [0.2, 0.25) is 0 Å². The molecule has 0 unspecified atom stereocenters. The number of aryl methyl sites for hydroxylation is 1. The van der Waals surface area contributed by atoms with Crippen LogP contribution in [0.25, 0.3) is 0 Å². The summed E-state index contributed by atoms with van der Waals surface area (Å²) in [5.41, 5.74) is 1.33. The van der Waals surface area contributed by atoms with Crippen LogP contribution in [-0.2, 0) is 6.54 Å². The Kier molecular flexibility index (Phi) is 5.32. The van der Waals surface area contributed by atoms with Gasteiger partial charge < -0.3 is 10.6 Å². The zero-order valence-corrected chi connectivity index (χ0v) is 11.3. The van der Waals surface area contributed by atoms with Crippen LogP contribution in [-0.4, -0.2) is 18.5 Å². The Labute approximate surface area is 102 Å². The fourth-order valence-electron chi connectivity index (χ4n) is 1.31. The molecule has 0 spiro atoms. The highest BCUT2D eigenvalue weighted by molar-refractivity contribution is 7.10. The number of hydrogen-bond donors (Lipinski definition) is 2. The topological polar surface area (TPSA) is 36.4 Å². The monoisotopic (exact) mass is 239 g/mol. The van der Waals surface area contributed by atoms with E-state index in [-0.39, 0.29) is 0 Å². The van der Waals surface area contributed by atoms with Crippen molar-refractivity contribution < 1.29 is 0 Å². The second-order valence-corrected chi connectivity index (χ2v) is 5.02. The predicted molar refractivity (Wildman–Crippen MR) is 72.1 cm³/mol. The molecule has 0 saturated carbocycles. The molecule has 0 bridgehead atoms. The fourth-order valence-corrected chi connectivity index (χ4v) is 2.14. The Morgan fingerprint density at radius 1 is 1.50 bits per heavy atom. The van der Waals surface area contributed by atoms with Gasteiger partial charge >= 0.3 is 0 Å². The van der Waals surface area contributed by atoms with Crippen molar-refractivity contribution in [2.24, 2.45) is 4.99 Å². The number of hydrogen-bond acceptors (Lipinski definition) is 2. The first-order valence-corrected chi connectivity index (χ1v) is 6.59. The molecule has 0 aliphatic carbocycles. The van der Waals surface area contributed by atoms with Gasteiger partial charge in [-0.05, 0) is 44.7 Å². The quantitative estimate of drug-likeness (QED) is 0.626.